The summed E-state index contributed by atoms with van der Waals surface area (Å²) in [6.45, 7) is 6.89. The molecular weight excluding hydrogens is 565 g/mol. The minimum Gasteiger partial charge on any atom is -0.452 e. The first-order valence-corrected chi connectivity index (χ1v) is 17.6. The van der Waals surface area contributed by atoms with E-state index in [-0.39, 0.29) is 35.2 Å². The number of hydrogen-bond donors (Lipinski definition) is 1. The molecule has 6 nitrogen and oxygen atoms in total. The van der Waals surface area contributed by atoms with Crippen molar-refractivity contribution in [3.05, 3.63) is 83.9 Å². The number of thiocarbonyl (C=S) groups is 1. The van der Waals surface area contributed by atoms with Gasteiger partial charge in [0.15, 0.2) is 5.60 Å². The van der Waals surface area contributed by atoms with E-state index < -0.39 is 15.6 Å². The molecule has 42 heavy (non-hydrogen) atoms. The molecule has 1 N–H and O–H groups in total. The molecule has 0 aliphatic carbocycles. The molecular formula is C34H48N2O4S2. The summed E-state index contributed by atoms with van der Waals surface area (Å²) in [6, 6.07) is 19.8. The van der Waals surface area contributed by atoms with Gasteiger partial charge in [0.2, 0.25) is 15.9 Å². The zero-order valence-corrected chi connectivity index (χ0v) is 27.1. The quantitative estimate of drug-likeness (QED) is 0.107. The van der Waals surface area contributed by atoms with Gasteiger partial charge in [-0.05, 0) is 43.8 Å². The lowest BCUT2D eigenvalue weighted by molar-refractivity contribution is -0.128. The molecule has 1 heterocycles. The highest BCUT2D eigenvalue weighted by molar-refractivity contribution is 7.89. The van der Waals surface area contributed by atoms with Crippen molar-refractivity contribution < 1.29 is 17.9 Å². The second-order valence-electron chi connectivity index (χ2n) is 11.4. The average molecular weight is 613 g/mol. The fraction of sp³-hybridized carbons (Fsp3) is 0.529. The van der Waals surface area contributed by atoms with Crippen LogP contribution in [0, 0.1) is 5.92 Å². The Bertz CT molecular complexity index is 1210. The van der Waals surface area contributed by atoms with Gasteiger partial charge in [0.1, 0.15) is 0 Å². The molecule has 1 aliphatic heterocycles. The van der Waals surface area contributed by atoms with Crippen LogP contribution in [0.2, 0.25) is 0 Å². The lowest BCUT2D eigenvalue weighted by Crippen LogP contribution is -2.49. The Balaban J connectivity index is 1.51. The van der Waals surface area contributed by atoms with Crippen molar-refractivity contribution in [2.24, 2.45) is 5.92 Å². The van der Waals surface area contributed by atoms with E-state index in [0.29, 0.717) is 13.0 Å². The predicted molar refractivity (Wildman–Crippen MR) is 176 cm³/mol. The molecule has 2 aromatic rings. The van der Waals surface area contributed by atoms with Gasteiger partial charge in [-0.25, -0.2) is 13.1 Å². The summed E-state index contributed by atoms with van der Waals surface area (Å²) in [5.41, 5.74) is 1.06. The molecule has 0 spiro atoms. The van der Waals surface area contributed by atoms with Crippen LogP contribution in [0.25, 0.3) is 0 Å². The van der Waals surface area contributed by atoms with Crippen molar-refractivity contribution in [2.45, 2.75) is 96.6 Å². The maximum absolute atomic E-state index is 13.6. The van der Waals surface area contributed by atoms with Crippen molar-refractivity contribution in [1.29, 1.82) is 0 Å². The van der Waals surface area contributed by atoms with Crippen LogP contribution < -0.4 is 4.72 Å². The Kier molecular flexibility index (Phi) is 13.7. The number of amides is 1. The summed E-state index contributed by atoms with van der Waals surface area (Å²) in [4.78, 5) is 15.2. The molecule has 0 unspecified atom stereocenters. The number of hydrogen-bond acceptors (Lipinski definition) is 5. The molecule has 230 valence electrons. The predicted octanol–water partition coefficient (Wildman–Crippen LogP) is 7.50. The highest BCUT2D eigenvalue weighted by Crippen LogP contribution is 2.47. The normalized spacial score (nSPS) is 16.8. The van der Waals surface area contributed by atoms with Crippen molar-refractivity contribution in [2.75, 3.05) is 12.3 Å². The van der Waals surface area contributed by atoms with E-state index in [1.165, 1.54) is 0 Å². The first-order valence-electron chi connectivity index (χ1n) is 15.5. The largest absolute Gasteiger partial charge is 0.452 e. The lowest BCUT2D eigenvalue weighted by Gasteiger charge is -2.38. The molecule has 8 heteroatoms. The van der Waals surface area contributed by atoms with Crippen LogP contribution in [0.4, 0.5) is 0 Å². The van der Waals surface area contributed by atoms with E-state index in [2.05, 4.69) is 25.5 Å². The lowest BCUT2D eigenvalue weighted by atomic mass is 9.75. The number of carbonyl (C=O) groups is 1. The van der Waals surface area contributed by atoms with Crippen LogP contribution in [0.15, 0.2) is 72.8 Å². The molecule has 0 aromatic heterocycles. The maximum atomic E-state index is 13.6. The summed E-state index contributed by atoms with van der Waals surface area (Å²) in [6.07, 6.45) is 12.8. The molecule has 1 atom stereocenters. The third-order valence-corrected chi connectivity index (χ3v) is 9.54. The third kappa shape index (κ3) is 9.22. The van der Waals surface area contributed by atoms with E-state index in [0.717, 1.165) is 62.5 Å². The maximum Gasteiger partial charge on any atom is 0.267 e. The zero-order valence-electron chi connectivity index (χ0n) is 25.5. The molecule has 3 rings (SSSR count). The molecule has 0 radical (unpaired) electrons. The first-order chi connectivity index (χ1) is 20.2. The first kappa shape index (κ1) is 33.9. The van der Waals surface area contributed by atoms with E-state index in [4.69, 9.17) is 17.0 Å². The van der Waals surface area contributed by atoms with Gasteiger partial charge in [-0.15, -0.1) is 0 Å². The summed E-state index contributed by atoms with van der Waals surface area (Å²) in [7, 11) is -3.17. The van der Waals surface area contributed by atoms with E-state index >= 15 is 0 Å². The second kappa shape index (κ2) is 16.9. The smallest absolute Gasteiger partial charge is 0.267 e. The molecule has 2 aromatic carbocycles. The molecule has 1 aliphatic rings. The topological polar surface area (TPSA) is 75.7 Å². The summed E-state index contributed by atoms with van der Waals surface area (Å²) in [5, 5.41) is 0.213. The fourth-order valence-electron chi connectivity index (χ4n) is 5.72. The van der Waals surface area contributed by atoms with Crippen LogP contribution in [0.3, 0.4) is 0 Å². The average Bonchev–Trinajstić information content (AvgIpc) is 3.31. The van der Waals surface area contributed by atoms with Crippen LogP contribution >= 0.6 is 12.2 Å². The van der Waals surface area contributed by atoms with Gasteiger partial charge in [-0.1, -0.05) is 126 Å². The third-order valence-electron chi connectivity index (χ3n) is 7.79. The Labute approximate surface area is 259 Å². The standard InChI is InChI=1S/C34H48N2O4S2/c1-4-5-6-19-26-35-42(38,39)27-20-11-9-7-8-10-18-25-31(37)36-32(28(2)3)34(40-33(36)41,29-21-14-12-15-22-29)30-23-16-13-17-24-30/h10,12-18,21-24,28,32,35H,4-9,11,19-20,25-27H2,1-3H3/t32-/m0/s1. The molecule has 1 amide bonds. The van der Waals surface area contributed by atoms with E-state index in [1.54, 1.807) is 4.90 Å². The molecule has 0 saturated carbocycles. The summed E-state index contributed by atoms with van der Waals surface area (Å²) in [5.74, 6) is 0.197. The number of rotatable bonds is 18. The Morgan fingerprint density at radius 2 is 1.52 bits per heavy atom. The van der Waals surface area contributed by atoms with Crippen LogP contribution in [-0.2, 0) is 25.2 Å². The van der Waals surface area contributed by atoms with Crippen molar-refractivity contribution in [3.8, 4) is 0 Å². The zero-order chi connectivity index (χ0) is 30.4. The number of ether oxygens (including phenoxy) is 1. The number of carbonyl (C=O) groups excluding carboxylic acids is 1. The minimum absolute atomic E-state index is 0.0731. The van der Waals surface area contributed by atoms with E-state index in [9.17, 15) is 13.2 Å². The number of benzene rings is 2. The number of nitrogens with zero attached hydrogens (tertiary/aromatic N) is 1. The number of sulfonamides is 1. The van der Waals surface area contributed by atoms with Gasteiger partial charge in [0, 0.05) is 24.1 Å². The van der Waals surface area contributed by atoms with Crippen LogP contribution in [0.1, 0.15) is 96.1 Å². The van der Waals surface area contributed by atoms with Crippen molar-refractivity contribution in [1.82, 2.24) is 9.62 Å². The molecule has 0 bridgehead atoms. The Morgan fingerprint density at radius 3 is 2.12 bits per heavy atom. The second-order valence-corrected chi connectivity index (χ2v) is 13.7. The van der Waals surface area contributed by atoms with Crippen LogP contribution in [-0.4, -0.2) is 42.7 Å². The van der Waals surface area contributed by atoms with Gasteiger partial charge >= 0.3 is 0 Å². The number of allylic oxidation sites excluding steroid dienone is 1. The SMILES string of the molecule is CCCCCCNS(=O)(=O)CCCCCCC=CCC(=O)N1C(=S)OC(c2ccccc2)(c2ccccc2)[C@@H]1C(C)C. The summed E-state index contributed by atoms with van der Waals surface area (Å²) >= 11 is 5.70. The van der Waals surface area contributed by atoms with Gasteiger partial charge in [0.05, 0.1) is 11.8 Å². The van der Waals surface area contributed by atoms with Crippen molar-refractivity contribution in [3.63, 3.8) is 0 Å². The number of unbranched alkanes of at least 4 members (excludes halogenated alkanes) is 7. The highest BCUT2D eigenvalue weighted by Gasteiger charge is 2.57. The molecule has 1 fully saturated rings. The van der Waals surface area contributed by atoms with E-state index in [1.807, 2.05) is 72.8 Å². The van der Waals surface area contributed by atoms with Gasteiger partial charge in [0.25, 0.3) is 5.17 Å². The molecule has 1 saturated heterocycles. The van der Waals surface area contributed by atoms with Crippen LogP contribution in [0.5, 0.6) is 0 Å². The van der Waals surface area contributed by atoms with Crippen molar-refractivity contribution >= 4 is 33.3 Å². The van der Waals surface area contributed by atoms with Gasteiger partial charge < -0.3 is 4.74 Å². The number of nitrogens with one attached hydrogen (secondary N) is 1. The minimum atomic E-state index is -3.17. The fourth-order valence-corrected chi connectivity index (χ4v) is 7.26. The Morgan fingerprint density at radius 1 is 0.929 bits per heavy atom. The van der Waals surface area contributed by atoms with Gasteiger partial charge in [-0.2, -0.15) is 0 Å². The summed E-state index contributed by atoms with van der Waals surface area (Å²) < 4.78 is 33.5. The van der Waals surface area contributed by atoms with Gasteiger partial charge in [-0.3, -0.25) is 9.69 Å². The monoisotopic (exact) mass is 612 g/mol. The highest BCUT2D eigenvalue weighted by atomic mass is 32.2. The Hall–Kier alpha value is -2.55.